The van der Waals surface area contributed by atoms with Gasteiger partial charge in [0, 0.05) is 6.54 Å². The molecule has 2 heterocycles. The van der Waals surface area contributed by atoms with Gasteiger partial charge in [0.15, 0.2) is 0 Å². The van der Waals surface area contributed by atoms with E-state index < -0.39 is 0 Å². The number of hydrogen-bond donors (Lipinski definition) is 1. The summed E-state index contributed by atoms with van der Waals surface area (Å²) < 4.78 is 11.1. The minimum atomic E-state index is 0.0694. The summed E-state index contributed by atoms with van der Waals surface area (Å²) in [6, 6.07) is 3.84. The normalized spacial score (nSPS) is 24.8. The fourth-order valence-corrected chi connectivity index (χ4v) is 1.62. The van der Waals surface area contributed by atoms with Crippen molar-refractivity contribution < 1.29 is 9.15 Å². The lowest BCUT2D eigenvalue weighted by molar-refractivity contribution is -0.00297. The SMILES string of the molecule is C[C@@H](O[C@H]1CCNC1)c1ccco1. The minimum absolute atomic E-state index is 0.0694. The van der Waals surface area contributed by atoms with Gasteiger partial charge in [0.1, 0.15) is 11.9 Å². The zero-order chi connectivity index (χ0) is 9.10. The zero-order valence-electron chi connectivity index (χ0n) is 7.82. The van der Waals surface area contributed by atoms with Gasteiger partial charge in [-0.3, -0.25) is 0 Å². The van der Waals surface area contributed by atoms with E-state index in [1.54, 1.807) is 6.26 Å². The maximum atomic E-state index is 5.80. The quantitative estimate of drug-likeness (QED) is 0.771. The van der Waals surface area contributed by atoms with Gasteiger partial charge in [0.25, 0.3) is 0 Å². The van der Waals surface area contributed by atoms with Crippen LogP contribution in [0.5, 0.6) is 0 Å². The smallest absolute Gasteiger partial charge is 0.132 e. The summed E-state index contributed by atoms with van der Waals surface area (Å²) in [4.78, 5) is 0. The first-order chi connectivity index (χ1) is 6.36. The topological polar surface area (TPSA) is 34.4 Å². The molecule has 3 heteroatoms. The molecule has 72 valence electrons. The van der Waals surface area contributed by atoms with Crippen molar-refractivity contribution in [3.8, 4) is 0 Å². The maximum absolute atomic E-state index is 5.80. The first-order valence-electron chi connectivity index (χ1n) is 4.76. The van der Waals surface area contributed by atoms with E-state index >= 15 is 0 Å². The van der Waals surface area contributed by atoms with E-state index in [-0.39, 0.29) is 6.10 Å². The first-order valence-corrected chi connectivity index (χ1v) is 4.76. The second-order valence-electron chi connectivity index (χ2n) is 3.41. The van der Waals surface area contributed by atoms with Crippen molar-refractivity contribution >= 4 is 0 Å². The van der Waals surface area contributed by atoms with Gasteiger partial charge in [-0.05, 0) is 32.0 Å². The molecular formula is C10H15NO2. The average molecular weight is 181 g/mol. The third kappa shape index (κ3) is 2.11. The Bertz CT molecular complexity index is 239. The van der Waals surface area contributed by atoms with Crippen LogP contribution in [-0.2, 0) is 4.74 Å². The Labute approximate surface area is 78.1 Å². The second-order valence-corrected chi connectivity index (χ2v) is 3.41. The third-order valence-corrected chi connectivity index (χ3v) is 2.36. The highest BCUT2D eigenvalue weighted by Crippen LogP contribution is 2.20. The molecule has 2 atom stereocenters. The maximum Gasteiger partial charge on any atom is 0.132 e. The molecule has 1 aromatic rings. The standard InChI is InChI=1S/C10H15NO2/c1-8(10-3-2-6-12-10)13-9-4-5-11-7-9/h2-3,6,8-9,11H,4-5,7H2,1H3/t8-,9+/m1/s1. The Balaban J connectivity index is 1.87. The van der Waals surface area contributed by atoms with Crippen LogP contribution in [0.1, 0.15) is 25.2 Å². The van der Waals surface area contributed by atoms with E-state index in [9.17, 15) is 0 Å². The molecule has 0 radical (unpaired) electrons. The van der Waals surface area contributed by atoms with E-state index in [1.165, 1.54) is 0 Å². The van der Waals surface area contributed by atoms with Crippen molar-refractivity contribution in [2.24, 2.45) is 0 Å². The lowest BCUT2D eigenvalue weighted by atomic mass is 10.2. The molecule has 1 aliphatic rings. The lowest BCUT2D eigenvalue weighted by Gasteiger charge is -2.15. The van der Waals surface area contributed by atoms with Gasteiger partial charge in [-0.2, -0.15) is 0 Å². The lowest BCUT2D eigenvalue weighted by Crippen LogP contribution is -2.18. The Morgan fingerprint density at radius 3 is 3.23 bits per heavy atom. The molecule has 3 nitrogen and oxygen atoms in total. The van der Waals surface area contributed by atoms with E-state index in [4.69, 9.17) is 9.15 Å². The molecule has 1 aliphatic heterocycles. The summed E-state index contributed by atoms with van der Waals surface area (Å²) in [5.74, 6) is 0.909. The molecule has 0 unspecified atom stereocenters. The molecule has 1 fully saturated rings. The Morgan fingerprint density at radius 1 is 1.69 bits per heavy atom. The van der Waals surface area contributed by atoms with Crippen LogP contribution in [0.3, 0.4) is 0 Å². The van der Waals surface area contributed by atoms with Crippen molar-refractivity contribution in [3.05, 3.63) is 24.2 Å². The van der Waals surface area contributed by atoms with Gasteiger partial charge in [0.05, 0.1) is 12.4 Å². The van der Waals surface area contributed by atoms with Crippen LogP contribution in [-0.4, -0.2) is 19.2 Å². The number of rotatable bonds is 3. The molecular weight excluding hydrogens is 166 g/mol. The third-order valence-electron chi connectivity index (χ3n) is 2.36. The molecule has 0 saturated carbocycles. The van der Waals surface area contributed by atoms with Gasteiger partial charge < -0.3 is 14.5 Å². The van der Waals surface area contributed by atoms with Crippen molar-refractivity contribution in [1.82, 2.24) is 5.32 Å². The highest BCUT2D eigenvalue weighted by Gasteiger charge is 2.19. The molecule has 1 saturated heterocycles. The summed E-state index contributed by atoms with van der Waals surface area (Å²) in [6.45, 7) is 4.05. The summed E-state index contributed by atoms with van der Waals surface area (Å²) >= 11 is 0. The molecule has 0 aliphatic carbocycles. The predicted molar refractivity (Wildman–Crippen MR) is 49.5 cm³/mol. The number of hydrogen-bond acceptors (Lipinski definition) is 3. The van der Waals surface area contributed by atoms with E-state index in [1.807, 2.05) is 19.1 Å². The number of nitrogens with one attached hydrogen (secondary N) is 1. The van der Waals surface area contributed by atoms with Gasteiger partial charge in [-0.15, -0.1) is 0 Å². The van der Waals surface area contributed by atoms with Crippen molar-refractivity contribution in [2.45, 2.75) is 25.6 Å². The molecule has 0 spiro atoms. The molecule has 2 rings (SSSR count). The monoisotopic (exact) mass is 181 g/mol. The largest absolute Gasteiger partial charge is 0.467 e. The highest BCUT2D eigenvalue weighted by molar-refractivity contribution is 5.01. The predicted octanol–water partition coefficient (Wildman–Crippen LogP) is 1.72. The average Bonchev–Trinajstić information content (AvgIpc) is 2.74. The van der Waals surface area contributed by atoms with Crippen LogP contribution < -0.4 is 5.32 Å². The second kappa shape index (κ2) is 3.94. The highest BCUT2D eigenvalue weighted by atomic mass is 16.5. The van der Waals surface area contributed by atoms with Crippen LogP contribution in [0.4, 0.5) is 0 Å². The summed E-state index contributed by atoms with van der Waals surface area (Å²) in [7, 11) is 0. The van der Waals surface area contributed by atoms with Crippen LogP contribution in [0, 0.1) is 0 Å². The Morgan fingerprint density at radius 2 is 2.62 bits per heavy atom. The first kappa shape index (κ1) is 8.78. The molecule has 1 aromatic heterocycles. The zero-order valence-corrected chi connectivity index (χ0v) is 7.82. The fourth-order valence-electron chi connectivity index (χ4n) is 1.62. The van der Waals surface area contributed by atoms with Gasteiger partial charge in [-0.1, -0.05) is 0 Å². The van der Waals surface area contributed by atoms with Gasteiger partial charge >= 0.3 is 0 Å². The number of furan rings is 1. The fraction of sp³-hybridized carbons (Fsp3) is 0.600. The van der Waals surface area contributed by atoms with E-state index in [0.717, 1.165) is 25.3 Å². The van der Waals surface area contributed by atoms with Crippen molar-refractivity contribution in [1.29, 1.82) is 0 Å². The molecule has 0 amide bonds. The Hall–Kier alpha value is -0.800. The van der Waals surface area contributed by atoms with Crippen molar-refractivity contribution in [2.75, 3.05) is 13.1 Å². The Kier molecular flexibility index (Phi) is 2.66. The number of ether oxygens (including phenoxy) is 1. The van der Waals surface area contributed by atoms with Gasteiger partial charge in [-0.25, -0.2) is 0 Å². The summed E-state index contributed by atoms with van der Waals surface area (Å²) in [6.07, 6.45) is 3.20. The minimum Gasteiger partial charge on any atom is -0.467 e. The van der Waals surface area contributed by atoms with E-state index in [0.29, 0.717) is 6.10 Å². The van der Waals surface area contributed by atoms with Crippen LogP contribution in [0.25, 0.3) is 0 Å². The van der Waals surface area contributed by atoms with Crippen molar-refractivity contribution in [3.63, 3.8) is 0 Å². The molecule has 0 bridgehead atoms. The van der Waals surface area contributed by atoms with Crippen LogP contribution in [0.15, 0.2) is 22.8 Å². The van der Waals surface area contributed by atoms with Gasteiger partial charge in [0.2, 0.25) is 0 Å². The van der Waals surface area contributed by atoms with Crippen LogP contribution >= 0.6 is 0 Å². The summed E-state index contributed by atoms with van der Waals surface area (Å²) in [5, 5.41) is 3.27. The molecule has 0 aromatic carbocycles. The van der Waals surface area contributed by atoms with Crippen LogP contribution in [0.2, 0.25) is 0 Å². The summed E-state index contributed by atoms with van der Waals surface area (Å²) in [5.41, 5.74) is 0. The molecule has 13 heavy (non-hydrogen) atoms. The molecule has 1 N–H and O–H groups in total. The van der Waals surface area contributed by atoms with E-state index in [2.05, 4.69) is 5.32 Å².